The molecule has 0 spiro atoms. The molecule has 1 aliphatic carbocycles. The van der Waals surface area contributed by atoms with Gasteiger partial charge in [-0.15, -0.1) is 0 Å². The summed E-state index contributed by atoms with van der Waals surface area (Å²) in [6.07, 6.45) is 0.516. The van der Waals surface area contributed by atoms with E-state index in [1.807, 2.05) is 0 Å². The van der Waals surface area contributed by atoms with Crippen LogP contribution in [-0.2, 0) is 0 Å². The monoisotopic (exact) mass is 228 g/mol. The second kappa shape index (κ2) is 4.04. The van der Waals surface area contributed by atoms with Crippen molar-refractivity contribution < 1.29 is 10.2 Å². The van der Waals surface area contributed by atoms with Crippen LogP contribution in [-0.4, -0.2) is 31.0 Å². The van der Waals surface area contributed by atoms with Crippen LogP contribution in [0.2, 0.25) is 19.6 Å². The second-order valence-corrected chi connectivity index (χ2v) is 11.5. The Morgan fingerprint density at radius 2 is 1.93 bits per heavy atom. The Hall–Kier alpha value is -0.123. The van der Waals surface area contributed by atoms with E-state index in [9.17, 15) is 10.2 Å². The lowest BCUT2D eigenvalue weighted by molar-refractivity contribution is 0.103. The third kappa shape index (κ3) is 2.92. The van der Waals surface area contributed by atoms with Crippen molar-refractivity contribution in [1.82, 2.24) is 0 Å². The van der Waals surface area contributed by atoms with Gasteiger partial charge in [-0.05, 0) is 17.4 Å². The van der Waals surface area contributed by atoms with Gasteiger partial charge in [0.25, 0.3) is 0 Å². The molecule has 0 bridgehead atoms. The molecule has 88 valence electrons. The third-order valence-electron chi connectivity index (χ3n) is 3.12. The fraction of sp³-hybridized carbons (Fsp3) is 0.833. The maximum Gasteiger partial charge on any atom is 0.0801 e. The minimum Gasteiger partial charge on any atom is -0.396 e. The Kier molecular flexibility index (Phi) is 3.48. The van der Waals surface area contributed by atoms with Gasteiger partial charge < -0.3 is 10.2 Å². The SMILES string of the molecule is CC1(C)C[C@@H](CO)/C(=C\[Si](C)(C)C)[C@@H]1O. The summed E-state index contributed by atoms with van der Waals surface area (Å²) in [6, 6.07) is 0. The minimum atomic E-state index is -1.32. The fourth-order valence-corrected chi connectivity index (χ4v) is 3.80. The zero-order valence-corrected chi connectivity index (χ0v) is 11.5. The van der Waals surface area contributed by atoms with Crippen LogP contribution in [0.25, 0.3) is 0 Å². The zero-order valence-electron chi connectivity index (χ0n) is 10.5. The Labute approximate surface area is 94.0 Å². The van der Waals surface area contributed by atoms with Crippen molar-refractivity contribution >= 4 is 8.07 Å². The van der Waals surface area contributed by atoms with E-state index < -0.39 is 8.07 Å². The molecule has 0 aromatic heterocycles. The van der Waals surface area contributed by atoms with Crippen molar-refractivity contribution in [3.8, 4) is 0 Å². The van der Waals surface area contributed by atoms with Crippen LogP contribution in [0, 0.1) is 11.3 Å². The first-order valence-corrected chi connectivity index (χ1v) is 9.27. The minimum absolute atomic E-state index is 0.0844. The Morgan fingerprint density at radius 1 is 1.40 bits per heavy atom. The lowest BCUT2D eigenvalue weighted by atomic mass is 9.88. The first-order valence-electron chi connectivity index (χ1n) is 5.69. The molecule has 0 aromatic rings. The predicted octanol–water partition coefficient (Wildman–Crippen LogP) is 2.19. The van der Waals surface area contributed by atoms with Crippen LogP contribution in [0.3, 0.4) is 0 Å². The number of hydrogen-bond acceptors (Lipinski definition) is 2. The maximum atomic E-state index is 10.2. The molecule has 0 unspecified atom stereocenters. The van der Waals surface area contributed by atoms with Gasteiger partial charge in [0, 0.05) is 12.5 Å². The van der Waals surface area contributed by atoms with Gasteiger partial charge in [0.05, 0.1) is 14.2 Å². The Balaban J connectivity index is 3.01. The summed E-state index contributed by atoms with van der Waals surface area (Å²) in [5.41, 5.74) is 3.26. The molecule has 1 fully saturated rings. The number of aliphatic hydroxyl groups excluding tert-OH is 2. The molecule has 0 radical (unpaired) electrons. The normalized spacial score (nSPS) is 33.7. The van der Waals surface area contributed by atoms with Crippen LogP contribution >= 0.6 is 0 Å². The third-order valence-corrected chi connectivity index (χ3v) is 4.32. The van der Waals surface area contributed by atoms with Gasteiger partial charge in [-0.2, -0.15) is 0 Å². The molecule has 0 saturated heterocycles. The van der Waals surface area contributed by atoms with Crippen LogP contribution in [0.5, 0.6) is 0 Å². The molecule has 1 saturated carbocycles. The molecule has 3 heteroatoms. The van der Waals surface area contributed by atoms with Crippen molar-refractivity contribution in [1.29, 1.82) is 0 Å². The summed E-state index contributed by atoms with van der Waals surface area (Å²) in [4.78, 5) is 0. The molecule has 15 heavy (non-hydrogen) atoms. The first-order chi connectivity index (χ1) is 6.67. The molecular weight excluding hydrogens is 204 g/mol. The van der Waals surface area contributed by atoms with E-state index in [0.717, 1.165) is 12.0 Å². The lowest BCUT2D eigenvalue weighted by Gasteiger charge is -2.23. The molecule has 0 aromatic carbocycles. The highest BCUT2D eigenvalue weighted by molar-refractivity contribution is 6.81. The molecule has 0 heterocycles. The molecule has 1 aliphatic rings. The van der Waals surface area contributed by atoms with Gasteiger partial charge in [-0.3, -0.25) is 0 Å². The van der Waals surface area contributed by atoms with Crippen LogP contribution < -0.4 is 0 Å². The Morgan fingerprint density at radius 3 is 2.33 bits per heavy atom. The number of rotatable bonds is 2. The van der Waals surface area contributed by atoms with E-state index >= 15 is 0 Å². The molecule has 0 aliphatic heterocycles. The Bertz CT molecular complexity index is 263. The van der Waals surface area contributed by atoms with Crippen LogP contribution in [0.15, 0.2) is 11.3 Å². The van der Waals surface area contributed by atoms with E-state index in [1.54, 1.807) is 0 Å². The van der Waals surface area contributed by atoms with E-state index in [1.165, 1.54) is 0 Å². The maximum absolute atomic E-state index is 10.2. The number of aliphatic hydroxyl groups is 2. The van der Waals surface area contributed by atoms with Gasteiger partial charge >= 0.3 is 0 Å². The smallest absolute Gasteiger partial charge is 0.0801 e. The summed E-state index contributed by atoms with van der Waals surface area (Å²) < 4.78 is 0. The van der Waals surface area contributed by atoms with Gasteiger partial charge in [-0.1, -0.05) is 39.2 Å². The highest BCUT2D eigenvalue weighted by Gasteiger charge is 2.43. The van der Waals surface area contributed by atoms with E-state index in [0.29, 0.717) is 0 Å². The summed E-state index contributed by atoms with van der Waals surface area (Å²) in [5, 5.41) is 19.6. The predicted molar refractivity (Wildman–Crippen MR) is 66.4 cm³/mol. The molecule has 2 atom stereocenters. The van der Waals surface area contributed by atoms with Gasteiger partial charge in [0.2, 0.25) is 0 Å². The summed E-state index contributed by atoms with van der Waals surface area (Å²) in [7, 11) is -1.32. The standard InChI is InChI=1S/C12H24O2Si/c1-12(2)6-9(7-13)10(11(12)14)8-15(3,4)5/h8-9,11,13-14H,6-7H2,1-5H3/b10-8+/t9-,11-/m0/s1. The van der Waals surface area contributed by atoms with Crippen LogP contribution in [0.4, 0.5) is 0 Å². The second-order valence-electron chi connectivity index (χ2n) is 6.49. The molecule has 1 rings (SSSR count). The quantitative estimate of drug-likeness (QED) is 0.711. The van der Waals surface area contributed by atoms with Gasteiger partial charge in [0.15, 0.2) is 0 Å². The summed E-state index contributed by atoms with van der Waals surface area (Å²) in [5.74, 6) is 0.168. The highest BCUT2D eigenvalue weighted by Crippen LogP contribution is 2.45. The van der Waals surface area contributed by atoms with Crippen molar-refractivity contribution in [2.45, 2.75) is 46.0 Å². The van der Waals surface area contributed by atoms with Crippen molar-refractivity contribution in [2.75, 3.05) is 6.61 Å². The molecule has 0 amide bonds. The molecular formula is C12H24O2Si. The molecule has 2 nitrogen and oxygen atoms in total. The van der Waals surface area contributed by atoms with Gasteiger partial charge in [-0.25, -0.2) is 0 Å². The largest absolute Gasteiger partial charge is 0.396 e. The zero-order chi connectivity index (χ0) is 11.9. The summed E-state index contributed by atoms with van der Waals surface area (Å²) >= 11 is 0. The first kappa shape index (κ1) is 12.9. The van der Waals surface area contributed by atoms with E-state index in [-0.39, 0.29) is 24.0 Å². The number of hydrogen-bond donors (Lipinski definition) is 2. The van der Waals surface area contributed by atoms with Gasteiger partial charge in [0.1, 0.15) is 0 Å². The topological polar surface area (TPSA) is 40.5 Å². The van der Waals surface area contributed by atoms with E-state index in [2.05, 4.69) is 39.2 Å². The van der Waals surface area contributed by atoms with Crippen molar-refractivity contribution in [3.63, 3.8) is 0 Å². The van der Waals surface area contributed by atoms with Crippen LogP contribution in [0.1, 0.15) is 20.3 Å². The summed E-state index contributed by atoms with van der Waals surface area (Å²) in [6.45, 7) is 11.1. The van der Waals surface area contributed by atoms with Crippen molar-refractivity contribution in [2.24, 2.45) is 11.3 Å². The lowest BCUT2D eigenvalue weighted by Crippen LogP contribution is -2.26. The average molecular weight is 228 g/mol. The highest BCUT2D eigenvalue weighted by atomic mass is 28.3. The fourth-order valence-electron chi connectivity index (χ4n) is 2.41. The van der Waals surface area contributed by atoms with Crippen molar-refractivity contribution in [3.05, 3.63) is 11.3 Å². The molecule has 2 N–H and O–H groups in total. The average Bonchev–Trinajstić information content (AvgIpc) is 2.26. The van der Waals surface area contributed by atoms with E-state index in [4.69, 9.17) is 0 Å².